The summed E-state index contributed by atoms with van der Waals surface area (Å²) in [5.41, 5.74) is 9.34. The van der Waals surface area contributed by atoms with Gasteiger partial charge in [-0.2, -0.15) is 21.0 Å². The van der Waals surface area contributed by atoms with E-state index in [1.165, 1.54) is 11.1 Å². The van der Waals surface area contributed by atoms with Crippen LogP contribution in [0.3, 0.4) is 0 Å². The molecule has 0 saturated heterocycles. The van der Waals surface area contributed by atoms with Crippen molar-refractivity contribution < 1.29 is 0 Å². The van der Waals surface area contributed by atoms with E-state index in [9.17, 15) is 21.0 Å². The summed E-state index contributed by atoms with van der Waals surface area (Å²) in [4.78, 5) is 0. The van der Waals surface area contributed by atoms with Crippen LogP contribution >= 0.6 is 0 Å². The van der Waals surface area contributed by atoms with E-state index in [2.05, 4.69) is 149 Å². The van der Waals surface area contributed by atoms with Gasteiger partial charge in [-0.05, 0) is 61.1 Å². The maximum absolute atomic E-state index is 10.7. The molecule has 0 aromatic heterocycles. The summed E-state index contributed by atoms with van der Waals surface area (Å²) in [5.74, 6) is -0.804. The zero-order chi connectivity index (χ0) is 33.4. The lowest BCUT2D eigenvalue weighted by Gasteiger charge is -2.89. The van der Waals surface area contributed by atoms with Crippen LogP contribution in [0.2, 0.25) is 0 Å². The molecule has 6 saturated carbocycles. The largest absolute Gasteiger partial charge is 0.192 e. The van der Waals surface area contributed by atoms with Crippen LogP contribution < -0.4 is 0 Å². The zero-order valence-electron chi connectivity index (χ0n) is 27.3. The van der Waals surface area contributed by atoms with Crippen molar-refractivity contribution in [1.29, 1.82) is 21.0 Å². The van der Waals surface area contributed by atoms with Crippen molar-refractivity contribution in [3.63, 3.8) is 0 Å². The molecule has 6 aliphatic rings. The van der Waals surface area contributed by atoms with E-state index in [1.54, 1.807) is 0 Å². The molecule has 0 heterocycles. The van der Waals surface area contributed by atoms with Crippen molar-refractivity contribution in [3.05, 3.63) is 164 Å². The normalized spacial score (nSPS) is 33.6. The third-order valence-electron chi connectivity index (χ3n) is 13.4. The molecule has 10 rings (SSSR count). The Morgan fingerprint density at radius 1 is 0.417 bits per heavy atom. The maximum Gasteiger partial charge on any atom is 0.129 e. The van der Waals surface area contributed by atoms with Crippen LogP contribution in [-0.2, 0) is 21.7 Å². The van der Waals surface area contributed by atoms with E-state index in [1.807, 2.05) is 0 Å². The summed E-state index contributed by atoms with van der Waals surface area (Å²) in [6.07, 6.45) is 0. The SMILES string of the molecule is Cc1ccc(C23C4C(=C(C#N)C#N)C5C6(c7ccc(C)cc7)C4C(=C(C#N)C#N)C2C6(c2ccc(C)cc2)C53c2ccc(C)cc2)cc1. The third-order valence-corrected chi connectivity index (χ3v) is 13.4. The Hall–Kier alpha value is -5.68. The van der Waals surface area contributed by atoms with E-state index in [0.29, 0.717) is 0 Å². The van der Waals surface area contributed by atoms with Crippen molar-refractivity contribution in [1.82, 2.24) is 0 Å². The second kappa shape index (κ2) is 9.02. The lowest BCUT2D eigenvalue weighted by Crippen LogP contribution is -2.95. The summed E-state index contributed by atoms with van der Waals surface area (Å²) in [7, 11) is 0. The number of nitriles is 4. The lowest BCUT2D eigenvalue weighted by atomic mass is 9.11. The molecule has 0 spiro atoms. The highest BCUT2D eigenvalue weighted by Gasteiger charge is 3.11. The van der Waals surface area contributed by atoms with Crippen LogP contribution in [0.15, 0.2) is 119 Å². The molecule has 8 unspecified atom stereocenters. The number of allylic oxidation sites excluding steroid dienone is 4. The van der Waals surface area contributed by atoms with Gasteiger partial charge in [0.05, 0.1) is 0 Å². The molecule has 8 atom stereocenters. The zero-order valence-corrected chi connectivity index (χ0v) is 27.3. The van der Waals surface area contributed by atoms with Gasteiger partial charge in [0.15, 0.2) is 0 Å². The van der Waals surface area contributed by atoms with Gasteiger partial charge in [0.2, 0.25) is 0 Å². The van der Waals surface area contributed by atoms with Gasteiger partial charge in [-0.1, -0.05) is 119 Å². The highest BCUT2D eigenvalue weighted by Crippen LogP contribution is 3.08. The second-order valence-corrected chi connectivity index (χ2v) is 14.7. The van der Waals surface area contributed by atoms with Gasteiger partial charge in [-0.3, -0.25) is 0 Å². The first-order valence-corrected chi connectivity index (χ1v) is 16.6. The summed E-state index contributed by atoms with van der Waals surface area (Å²) in [5, 5.41) is 42.6. The molecule has 0 amide bonds. The lowest BCUT2D eigenvalue weighted by molar-refractivity contribution is -0.272. The van der Waals surface area contributed by atoms with E-state index in [0.717, 1.165) is 44.5 Å². The molecule has 48 heavy (non-hydrogen) atoms. The Morgan fingerprint density at radius 2 is 0.667 bits per heavy atom. The van der Waals surface area contributed by atoms with Crippen LogP contribution in [0, 0.1) is 96.7 Å². The first-order chi connectivity index (χ1) is 23.3. The molecule has 0 aliphatic heterocycles. The van der Waals surface area contributed by atoms with Gasteiger partial charge in [-0.15, -0.1) is 0 Å². The molecule has 6 fully saturated rings. The average molecular weight is 617 g/mol. The Labute approximate surface area is 281 Å². The number of nitrogens with zero attached hydrogens (tertiary/aromatic N) is 4. The molecule has 4 nitrogen and oxygen atoms in total. The fourth-order valence-corrected chi connectivity index (χ4v) is 12.7. The highest BCUT2D eigenvalue weighted by atomic mass is 15.1. The molecule has 6 aliphatic carbocycles. The van der Waals surface area contributed by atoms with Crippen LogP contribution in [0.5, 0.6) is 0 Å². The maximum atomic E-state index is 10.7. The first kappa shape index (κ1) is 28.5. The van der Waals surface area contributed by atoms with E-state index in [4.69, 9.17) is 0 Å². The Morgan fingerprint density at radius 3 is 0.917 bits per heavy atom. The molecule has 4 aromatic carbocycles. The third kappa shape index (κ3) is 2.52. The van der Waals surface area contributed by atoms with E-state index < -0.39 is 21.7 Å². The summed E-state index contributed by atoms with van der Waals surface area (Å²) < 4.78 is 0. The van der Waals surface area contributed by atoms with Gasteiger partial charge in [0, 0.05) is 45.3 Å². The van der Waals surface area contributed by atoms with Crippen molar-refractivity contribution >= 4 is 0 Å². The topological polar surface area (TPSA) is 95.2 Å². The summed E-state index contributed by atoms with van der Waals surface area (Å²) >= 11 is 0. The predicted octanol–water partition coefficient (Wildman–Crippen LogP) is 8.19. The van der Waals surface area contributed by atoms with Gasteiger partial charge in [0.1, 0.15) is 35.4 Å². The molecule has 4 heteroatoms. The summed E-state index contributed by atoms with van der Waals surface area (Å²) in [6.45, 7) is 8.38. The van der Waals surface area contributed by atoms with Crippen molar-refractivity contribution in [2.24, 2.45) is 23.7 Å². The number of rotatable bonds is 4. The van der Waals surface area contributed by atoms with Crippen LogP contribution in [0.25, 0.3) is 0 Å². The number of aryl methyl sites for hydroxylation is 4. The molecule has 4 aromatic rings. The van der Waals surface area contributed by atoms with Crippen molar-refractivity contribution in [2.45, 2.75) is 49.4 Å². The smallest absolute Gasteiger partial charge is 0.129 e. The van der Waals surface area contributed by atoms with Crippen molar-refractivity contribution in [3.8, 4) is 24.3 Å². The minimum absolute atomic E-state index is 0.185. The van der Waals surface area contributed by atoms with E-state index >= 15 is 0 Å². The highest BCUT2D eigenvalue weighted by molar-refractivity contribution is 5.88. The molecule has 4 bridgehead atoms. The molecular weight excluding hydrogens is 585 g/mol. The monoisotopic (exact) mass is 616 g/mol. The van der Waals surface area contributed by atoms with Gasteiger partial charge in [-0.25, -0.2) is 0 Å². The Kier molecular flexibility index (Phi) is 5.36. The molecule has 0 N–H and O–H groups in total. The summed E-state index contributed by atoms with van der Waals surface area (Å²) in [6, 6.07) is 44.8. The minimum atomic E-state index is -0.564. The first-order valence-electron chi connectivity index (χ1n) is 16.6. The van der Waals surface area contributed by atoms with Gasteiger partial charge >= 0.3 is 0 Å². The van der Waals surface area contributed by atoms with Crippen LogP contribution in [0.4, 0.5) is 0 Å². The number of hydrogen-bond donors (Lipinski definition) is 0. The second-order valence-electron chi connectivity index (χ2n) is 14.7. The molecule has 228 valence electrons. The quantitative estimate of drug-likeness (QED) is 0.216. The van der Waals surface area contributed by atoms with E-state index in [-0.39, 0.29) is 34.8 Å². The fourth-order valence-electron chi connectivity index (χ4n) is 12.7. The predicted molar refractivity (Wildman–Crippen MR) is 182 cm³/mol. The average Bonchev–Trinajstić information content (AvgIpc) is 3.60. The number of hydrogen-bond acceptors (Lipinski definition) is 4. The van der Waals surface area contributed by atoms with Gasteiger partial charge in [0.25, 0.3) is 0 Å². The fraction of sp³-hybridized carbons (Fsp3) is 0.273. The standard InChI is InChI=1S/C44H32N4/c1-25-5-13-31(14-6-25)41-37-35(29(21-45)22-46)40-42(32-15-7-26(2)8-16-32)38(37)36(30(23-47)24-48)39(41)44(42,34-19-11-28(4)12-20-34)43(40,41)33-17-9-27(3)10-18-33/h5-20,37-40H,1-4H3. The van der Waals surface area contributed by atoms with Crippen molar-refractivity contribution in [2.75, 3.05) is 0 Å². The van der Waals surface area contributed by atoms with Crippen LogP contribution in [0.1, 0.15) is 44.5 Å². The van der Waals surface area contributed by atoms with Crippen LogP contribution in [-0.4, -0.2) is 0 Å². The molecule has 0 radical (unpaired) electrons. The number of benzene rings is 4. The Balaban J connectivity index is 1.56. The Bertz CT molecular complexity index is 2130. The molecular formula is C44H32N4. The van der Waals surface area contributed by atoms with Gasteiger partial charge < -0.3 is 0 Å². The minimum Gasteiger partial charge on any atom is -0.192 e.